The van der Waals surface area contributed by atoms with E-state index >= 15 is 0 Å². The van der Waals surface area contributed by atoms with Crippen LogP contribution >= 0.6 is 0 Å². The Morgan fingerprint density at radius 3 is 2.91 bits per heavy atom. The first-order valence-corrected chi connectivity index (χ1v) is 8.07. The van der Waals surface area contributed by atoms with Crippen molar-refractivity contribution >= 4 is 0 Å². The van der Waals surface area contributed by atoms with Gasteiger partial charge in [-0.15, -0.1) is 0 Å². The van der Waals surface area contributed by atoms with E-state index in [0.29, 0.717) is 6.54 Å². The highest BCUT2D eigenvalue weighted by molar-refractivity contribution is 5.21. The number of β-amino-alcohol motifs (C(OH)–C–C–N with tert-alkyl or cyclic N) is 1. The van der Waals surface area contributed by atoms with Gasteiger partial charge in [0, 0.05) is 25.3 Å². The van der Waals surface area contributed by atoms with Crippen LogP contribution in [0.4, 0.5) is 8.78 Å². The van der Waals surface area contributed by atoms with Gasteiger partial charge in [0.1, 0.15) is 11.6 Å². The molecule has 0 aromatic heterocycles. The predicted molar refractivity (Wildman–Crippen MR) is 81.6 cm³/mol. The number of rotatable bonds is 6. The molecule has 1 fully saturated rings. The number of benzene rings is 1. The van der Waals surface area contributed by atoms with Crippen molar-refractivity contribution in [3.05, 3.63) is 35.4 Å². The summed E-state index contributed by atoms with van der Waals surface area (Å²) < 4.78 is 32.7. The van der Waals surface area contributed by atoms with Crippen LogP contribution in [0.15, 0.2) is 18.2 Å². The molecule has 2 atom stereocenters. The maximum atomic E-state index is 13.7. The van der Waals surface area contributed by atoms with E-state index in [-0.39, 0.29) is 11.7 Å². The highest BCUT2D eigenvalue weighted by Gasteiger charge is 2.21. The van der Waals surface area contributed by atoms with Crippen LogP contribution < -0.4 is 0 Å². The molecule has 1 aliphatic rings. The fourth-order valence-corrected chi connectivity index (χ4v) is 2.87. The summed E-state index contributed by atoms with van der Waals surface area (Å²) >= 11 is 0. The normalized spacial score (nSPS) is 21.5. The lowest BCUT2D eigenvalue weighted by atomic mass is 10.1. The van der Waals surface area contributed by atoms with Crippen LogP contribution in [-0.2, 0) is 4.74 Å². The number of hydrogen-bond acceptors (Lipinski definition) is 3. The van der Waals surface area contributed by atoms with Gasteiger partial charge in [0.25, 0.3) is 0 Å². The third kappa shape index (κ3) is 5.00. The van der Waals surface area contributed by atoms with E-state index in [1.54, 1.807) is 0 Å². The standard InChI is InChI=1S/C17H25F2NO2/c1-2-10-22-14-4-3-8-20(9-7-14)12-17(21)15-11-13(18)5-6-16(15)19/h5-6,11,14,17,21H,2-4,7-10,12H2,1H3. The van der Waals surface area contributed by atoms with E-state index in [1.807, 2.05) is 0 Å². The molecule has 1 heterocycles. The van der Waals surface area contributed by atoms with Gasteiger partial charge in [0.2, 0.25) is 0 Å². The Labute approximate surface area is 130 Å². The summed E-state index contributed by atoms with van der Waals surface area (Å²) in [6.07, 6.45) is 3.20. The van der Waals surface area contributed by atoms with Crippen molar-refractivity contribution in [3.8, 4) is 0 Å². The summed E-state index contributed by atoms with van der Waals surface area (Å²) in [6, 6.07) is 3.20. The first kappa shape index (κ1) is 17.3. The molecule has 3 nitrogen and oxygen atoms in total. The third-order valence-corrected chi connectivity index (χ3v) is 4.07. The van der Waals surface area contributed by atoms with Gasteiger partial charge in [0.15, 0.2) is 0 Å². The van der Waals surface area contributed by atoms with Gasteiger partial charge in [-0.2, -0.15) is 0 Å². The van der Waals surface area contributed by atoms with Gasteiger partial charge in [-0.25, -0.2) is 8.78 Å². The minimum atomic E-state index is -1.01. The van der Waals surface area contributed by atoms with Crippen molar-refractivity contribution in [1.82, 2.24) is 4.90 Å². The third-order valence-electron chi connectivity index (χ3n) is 4.07. The molecule has 0 bridgehead atoms. The molecule has 22 heavy (non-hydrogen) atoms. The zero-order chi connectivity index (χ0) is 15.9. The number of halogens is 2. The van der Waals surface area contributed by atoms with Crippen LogP contribution in [0.1, 0.15) is 44.3 Å². The van der Waals surface area contributed by atoms with Crippen molar-refractivity contribution in [3.63, 3.8) is 0 Å². The monoisotopic (exact) mass is 313 g/mol. The summed E-state index contributed by atoms with van der Waals surface area (Å²) in [6.45, 7) is 4.85. The molecule has 1 aliphatic heterocycles. The molecule has 124 valence electrons. The number of nitrogens with zero attached hydrogens (tertiary/aromatic N) is 1. The minimum Gasteiger partial charge on any atom is -0.387 e. The lowest BCUT2D eigenvalue weighted by molar-refractivity contribution is 0.0421. The quantitative estimate of drug-likeness (QED) is 0.875. The van der Waals surface area contributed by atoms with Gasteiger partial charge < -0.3 is 14.7 Å². The van der Waals surface area contributed by atoms with Crippen molar-refractivity contribution in [2.45, 2.75) is 44.8 Å². The molecule has 1 saturated heterocycles. The zero-order valence-electron chi connectivity index (χ0n) is 13.1. The van der Waals surface area contributed by atoms with Crippen LogP contribution in [0.2, 0.25) is 0 Å². The molecular weight excluding hydrogens is 288 g/mol. The topological polar surface area (TPSA) is 32.7 Å². The molecule has 0 spiro atoms. The molecule has 5 heteroatoms. The van der Waals surface area contributed by atoms with E-state index in [1.165, 1.54) is 0 Å². The molecule has 0 aliphatic carbocycles. The number of hydrogen-bond donors (Lipinski definition) is 1. The van der Waals surface area contributed by atoms with Gasteiger partial charge in [-0.05, 0) is 50.4 Å². The minimum absolute atomic E-state index is 0.0306. The Kier molecular flexibility index (Phi) is 6.73. The van der Waals surface area contributed by atoms with Crippen LogP contribution in [0.5, 0.6) is 0 Å². The van der Waals surface area contributed by atoms with E-state index in [9.17, 15) is 13.9 Å². The molecule has 0 amide bonds. The van der Waals surface area contributed by atoms with Gasteiger partial charge in [-0.1, -0.05) is 6.92 Å². The second kappa shape index (κ2) is 8.56. The van der Waals surface area contributed by atoms with Crippen molar-refractivity contribution in [1.29, 1.82) is 0 Å². The lowest BCUT2D eigenvalue weighted by Gasteiger charge is -2.24. The van der Waals surface area contributed by atoms with Gasteiger partial charge in [-0.3, -0.25) is 0 Å². The highest BCUT2D eigenvalue weighted by atomic mass is 19.1. The zero-order valence-corrected chi connectivity index (χ0v) is 13.1. The molecular formula is C17H25F2NO2. The number of likely N-dealkylation sites (tertiary alicyclic amines) is 1. The summed E-state index contributed by atoms with van der Waals surface area (Å²) in [5, 5.41) is 10.2. The van der Waals surface area contributed by atoms with Gasteiger partial charge >= 0.3 is 0 Å². The smallest absolute Gasteiger partial charge is 0.129 e. The average Bonchev–Trinajstić information content (AvgIpc) is 2.73. The van der Waals surface area contributed by atoms with Crippen molar-refractivity contribution < 1.29 is 18.6 Å². The summed E-state index contributed by atoms with van der Waals surface area (Å²) in [5.41, 5.74) is 0.0306. The van der Waals surface area contributed by atoms with Crippen molar-refractivity contribution in [2.24, 2.45) is 0 Å². The van der Waals surface area contributed by atoms with E-state index in [4.69, 9.17) is 4.74 Å². The van der Waals surface area contributed by atoms with E-state index in [2.05, 4.69) is 11.8 Å². The largest absolute Gasteiger partial charge is 0.387 e. The Balaban J connectivity index is 1.89. The molecule has 1 N–H and O–H groups in total. The maximum absolute atomic E-state index is 13.7. The first-order chi connectivity index (χ1) is 10.6. The number of aliphatic hydroxyl groups is 1. The second-order valence-electron chi connectivity index (χ2n) is 5.91. The average molecular weight is 313 g/mol. The SMILES string of the molecule is CCCOC1CCCN(CC(O)c2cc(F)ccc2F)CC1. The van der Waals surface area contributed by atoms with E-state index < -0.39 is 17.7 Å². The van der Waals surface area contributed by atoms with Crippen LogP contribution in [0, 0.1) is 11.6 Å². The summed E-state index contributed by atoms with van der Waals surface area (Å²) in [5.74, 6) is -1.09. The lowest BCUT2D eigenvalue weighted by Crippen LogP contribution is -2.30. The van der Waals surface area contributed by atoms with Crippen molar-refractivity contribution in [2.75, 3.05) is 26.2 Å². The number of aliphatic hydroxyl groups excluding tert-OH is 1. The Hall–Kier alpha value is -1.04. The Morgan fingerprint density at radius 1 is 1.32 bits per heavy atom. The summed E-state index contributed by atoms with van der Waals surface area (Å²) in [4.78, 5) is 2.10. The Morgan fingerprint density at radius 2 is 2.14 bits per heavy atom. The fourth-order valence-electron chi connectivity index (χ4n) is 2.87. The Bertz CT molecular complexity index is 470. The predicted octanol–water partition coefficient (Wildman–Crippen LogP) is 3.28. The molecule has 1 aromatic carbocycles. The molecule has 2 rings (SSSR count). The maximum Gasteiger partial charge on any atom is 0.129 e. The summed E-state index contributed by atoms with van der Waals surface area (Å²) in [7, 11) is 0. The number of ether oxygens (including phenoxy) is 1. The second-order valence-corrected chi connectivity index (χ2v) is 5.91. The highest BCUT2D eigenvalue weighted by Crippen LogP contribution is 2.21. The molecule has 2 unspecified atom stereocenters. The van der Waals surface area contributed by atoms with E-state index in [0.717, 1.165) is 63.6 Å². The van der Waals surface area contributed by atoms with Gasteiger partial charge in [0.05, 0.1) is 12.2 Å². The van der Waals surface area contributed by atoms with Crippen LogP contribution in [0.25, 0.3) is 0 Å². The van der Waals surface area contributed by atoms with Crippen LogP contribution in [0.3, 0.4) is 0 Å². The first-order valence-electron chi connectivity index (χ1n) is 8.07. The van der Waals surface area contributed by atoms with Crippen LogP contribution in [-0.4, -0.2) is 42.4 Å². The molecule has 0 radical (unpaired) electrons. The molecule has 0 saturated carbocycles. The fraction of sp³-hybridized carbons (Fsp3) is 0.647. The molecule has 1 aromatic rings.